The highest BCUT2D eigenvalue weighted by Crippen LogP contribution is 2.31. The Labute approximate surface area is 135 Å². The number of nitrogens with zero attached hydrogens (tertiary/aromatic N) is 1. The van der Waals surface area contributed by atoms with Gasteiger partial charge in [-0.1, -0.05) is 6.92 Å². The maximum Gasteiger partial charge on any atom is 0.273 e. The summed E-state index contributed by atoms with van der Waals surface area (Å²) in [6.07, 6.45) is 4.19. The van der Waals surface area contributed by atoms with Crippen LogP contribution in [0.5, 0.6) is 11.5 Å². The van der Waals surface area contributed by atoms with Crippen molar-refractivity contribution in [2.75, 3.05) is 13.7 Å². The minimum Gasteiger partial charge on any atom is -0.493 e. The highest BCUT2D eigenvalue weighted by Gasteiger charge is 2.20. The molecule has 1 fully saturated rings. The minimum absolute atomic E-state index is 0.109. The van der Waals surface area contributed by atoms with Gasteiger partial charge in [0.15, 0.2) is 18.1 Å². The van der Waals surface area contributed by atoms with Crippen LogP contribution in [0.25, 0.3) is 0 Å². The van der Waals surface area contributed by atoms with Crippen LogP contribution in [-0.2, 0) is 4.79 Å². The molecule has 0 radical (unpaired) electrons. The summed E-state index contributed by atoms with van der Waals surface area (Å²) in [6, 6.07) is 4.23. The number of non-ortho nitro benzene ring substituents is 1. The number of nitro benzene ring substituents is 1. The van der Waals surface area contributed by atoms with Crippen LogP contribution in [0.2, 0.25) is 0 Å². The fourth-order valence-corrected chi connectivity index (χ4v) is 2.71. The number of methoxy groups -OCH3 is 1. The fourth-order valence-electron chi connectivity index (χ4n) is 2.71. The van der Waals surface area contributed by atoms with E-state index in [0.29, 0.717) is 11.7 Å². The molecule has 7 nitrogen and oxygen atoms in total. The second-order valence-corrected chi connectivity index (χ2v) is 5.91. The lowest BCUT2D eigenvalue weighted by Crippen LogP contribution is -2.39. The Hall–Kier alpha value is -2.31. The monoisotopic (exact) mass is 322 g/mol. The minimum atomic E-state index is -0.518. The Morgan fingerprint density at radius 1 is 1.30 bits per heavy atom. The van der Waals surface area contributed by atoms with E-state index in [1.165, 1.54) is 25.3 Å². The molecule has 0 heterocycles. The molecule has 1 aliphatic rings. The Balaban J connectivity index is 1.90. The Kier molecular flexibility index (Phi) is 5.78. The number of hydrogen-bond acceptors (Lipinski definition) is 5. The van der Waals surface area contributed by atoms with Gasteiger partial charge in [0.25, 0.3) is 11.6 Å². The first-order valence-corrected chi connectivity index (χ1v) is 7.74. The number of hydrogen-bond donors (Lipinski definition) is 1. The summed E-state index contributed by atoms with van der Waals surface area (Å²) in [6.45, 7) is 2.03. The first kappa shape index (κ1) is 17.1. The zero-order valence-corrected chi connectivity index (χ0v) is 13.4. The van der Waals surface area contributed by atoms with Gasteiger partial charge in [-0.25, -0.2) is 0 Å². The molecule has 7 heteroatoms. The molecule has 0 atom stereocenters. The summed E-state index contributed by atoms with van der Waals surface area (Å²) < 4.78 is 10.5. The van der Waals surface area contributed by atoms with Gasteiger partial charge in [-0.3, -0.25) is 14.9 Å². The van der Waals surface area contributed by atoms with Crippen LogP contribution in [-0.4, -0.2) is 30.6 Å². The van der Waals surface area contributed by atoms with Gasteiger partial charge >= 0.3 is 0 Å². The third kappa shape index (κ3) is 4.84. The lowest BCUT2D eigenvalue weighted by atomic mass is 9.87. The topological polar surface area (TPSA) is 90.7 Å². The van der Waals surface area contributed by atoms with Crippen LogP contribution in [0, 0.1) is 16.0 Å². The van der Waals surface area contributed by atoms with Crippen molar-refractivity contribution in [1.29, 1.82) is 0 Å². The third-order valence-electron chi connectivity index (χ3n) is 4.10. The molecule has 0 aromatic heterocycles. The van der Waals surface area contributed by atoms with Gasteiger partial charge in [-0.05, 0) is 37.7 Å². The second-order valence-electron chi connectivity index (χ2n) is 5.91. The van der Waals surface area contributed by atoms with Crippen molar-refractivity contribution in [2.45, 2.75) is 38.6 Å². The predicted molar refractivity (Wildman–Crippen MR) is 84.7 cm³/mol. The molecule has 1 saturated carbocycles. The van der Waals surface area contributed by atoms with E-state index in [0.717, 1.165) is 25.7 Å². The lowest BCUT2D eigenvalue weighted by molar-refractivity contribution is -0.385. The SMILES string of the molecule is COc1ccc([N+](=O)[O-])cc1OCC(=O)NC1CCC(C)CC1. The van der Waals surface area contributed by atoms with E-state index in [9.17, 15) is 14.9 Å². The molecule has 23 heavy (non-hydrogen) atoms. The van der Waals surface area contributed by atoms with E-state index in [1.807, 2.05) is 0 Å². The van der Waals surface area contributed by atoms with E-state index in [2.05, 4.69) is 12.2 Å². The molecule has 0 saturated heterocycles. The predicted octanol–water partition coefficient (Wildman–Crippen LogP) is 2.68. The van der Waals surface area contributed by atoms with E-state index >= 15 is 0 Å². The first-order chi connectivity index (χ1) is 11.0. The van der Waals surface area contributed by atoms with Gasteiger partial charge < -0.3 is 14.8 Å². The zero-order valence-electron chi connectivity index (χ0n) is 13.4. The molecule has 1 aliphatic carbocycles. The van der Waals surface area contributed by atoms with Crippen LogP contribution in [0.4, 0.5) is 5.69 Å². The van der Waals surface area contributed by atoms with Crippen LogP contribution < -0.4 is 14.8 Å². The molecular formula is C16H22N2O5. The number of amides is 1. The van der Waals surface area contributed by atoms with E-state index in [4.69, 9.17) is 9.47 Å². The van der Waals surface area contributed by atoms with Crippen molar-refractivity contribution < 1.29 is 19.2 Å². The zero-order chi connectivity index (χ0) is 16.8. The number of nitrogens with one attached hydrogen (secondary N) is 1. The van der Waals surface area contributed by atoms with Crippen molar-refractivity contribution in [1.82, 2.24) is 5.32 Å². The fraction of sp³-hybridized carbons (Fsp3) is 0.562. The molecule has 1 aromatic rings. The molecule has 2 rings (SSSR count). The molecular weight excluding hydrogens is 300 g/mol. The molecule has 0 aliphatic heterocycles. The quantitative estimate of drug-likeness (QED) is 0.642. The van der Waals surface area contributed by atoms with Crippen LogP contribution in [0.3, 0.4) is 0 Å². The Morgan fingerprint density at radius 2 is 2.00 bits per heavy atom. The maximum atomic E-state index is 12.0. The first-order valence-electron chi connectivity index (χ1n) is 7.74. The second kappa shape index (κ2) is 7.80. The average molecular weight is 322 g/mol. The number of carbonyl (C=O) groups excluding carboxylic acids is 1. The standard InChI is InChI=1S/C16H22N2O5/c1-11-3-5-12(6-4-11)17-16(19)10-23-15-9-13(18(20)21)7-8-14(15)22-2/h7-9,11-12H,3-6,10H2,1-2H3,(H,17,19). The number of benzene rings is 1. The summed E-state index contributed by atoms with van der Waals surface area (Å²) in [7, 11) is 1.44. The van der Waals surface area contributed by atoms with Crippen molar-refractivity contribution in [3.63, 3.8) is 0 Å². The number of nitro groups is 1. The van der Waals surface area contributed by atoms with Gasteiger partial charge in [0.05, 0.1) is 18.1 Å². The Morgan fingerprint density at radius 3 is 2.61 bits per heavy atom. The van der Waals surface area contributed by atoms with Crippen LogP contribution >= 0.6 is 0 Å². The normalized spacial score (nSPS) is 20.6. The molecule has 126 valence electrons. The summed E-state index contributed by atoms with van der Waals surface area (Å²) in [5, 5.41) is 13.8. The van der Waals surface area contributed by atoms with Crippen molar-refractivity contribution >= 4 is 11.6 Å². The molecule has 0 spiro atoms. The van der Waals surface area contributed by atoms with Gasteiger partial charge in [-0.2, -0.15) is 0 Å². The van der Waals surface area contributed by atoms with Gasteiger partial charge in [0.2, 0.25) is 0 Å². The third-order valence-corrected chi connectivity index (χ3v) is 4.10. The van der Waals surface area contributed by atoms with Crippen LogP contribution in [0.1, 0.15) is 32.6 Å². The van der Waals surface area contributed by atoms with E-state index < -0.39 is 4.92 Å². The summed E-state index contributed by atoms with van der Waals surface area (Å²) in [5.74, 6) is 1.04. The van der Waals surface area contributed by atoms with E-state index in [-0.39, 0.29) is 30.0 Å². The Bertz CT molecular complexity index is 568. The molecule has 1 N–H and O–H groups in total. The van der Waals surface area contributed by atoms with Crippen molar-refractivity contribution in [2.24, 2.45) is 5.92 Å². The lowest BCUT2D eigenvalue weighted by Gasteiger charge is -2.26. The van der Waals surface area contributed by atoms with Gasteiger partial charge in [0.1, 0.15) is 0 Å². The summed E-state index contributed by atoms with van der Waals surface area (Å²) >= 11 is 0. The van der Waals surface area contributed by atoms with Gasteiger partial charge in [0, 0.05) is 12.1 Å². The summed E-state index contributed by atoms with van der Waals surface area (Å²) in [4.78, 5) is 22.3. The number of ether oxygens (including phenoxy) is 2. The molecule has 1 amide bonds. The molecule has 1 aromatic carbocycles. The molecule has 0 unspecified atom stereocenters. The van der Waals surface area contributed by atoms with E-state index in [1.54, 1.807) is 0 Å². The number of carbonyl (C=O) groups is 1. The van der Waals surface area contributed by atoms with Crippen LogP contribution in [0.15, 0.2) is 18.2 Å². The largest absolute Gasteiger partial charge is 0.493 e. The molecule has 0 bridgehead atoms. The maximum absolute atomic E-state index is 12.0. The average Bonchev–Trinajstić information content (AvgIpc) is 2.54. The summed E-state index contributed by atoms with van der Waals surface area (Å²) in [5.41, 5.74) is -0.109. The van der Waals surface area contributed by atoms with Crippen molar-refractivity contribution in [3.8, 4) is 11.5 Å². The highest BCUT2D eigenvalue weighted by molar-refractivity contribution is 5.78. The smallest absolute Gasteiger partial charge is 0.273 e. The van der Waals surface area contributed by atoms with Crippen molar-refractivity contribution in [3.05, 3.63) is 28.3 Å². The number of rotatable bonds is 6. The van der Waals surface area contributed by atoms with Gasteiger partial charge in [-0.15, -0.1) is 0 Å². The highest BCUT2D eigenvalue weighted by atomic mass is 16.6.